The highest BCUT2D eigenvalue weighted by atomic mass is 16.5. The Labute approximate surface area is 116 Å². The summed E-state index contributed by atoms with van der Waals surface area (Å²) in [5.41, 5.74) is 5.50. The van der Waals surface area contributed by atoms with Gasteiger partial charge in [0, 0.05) is 24.4 Å². The molecule has 0 saturated carbocycles. The fraction of sp³-hybridized carbons (Fsp3) is 0.231. The molecular formula is C13H15N3O4. The molecule has 0 fully saturated rings. The van der Waals surface area contributed by atoms with Gasteiger partial charge in [0.05, 0.1) is 21.3 Å². The van der Waals surface area contributed by atoms with Gasteiger partial charge in [-0.15, -0.1) is 0 Å². The number of hydrogen-bond donors (Lipinski definition) is 1. The van der Waals surface area contributed by atoms with Gasteiger partial charge >= 0.3 is 0 Å². The first-order valence-corrected chi connectivity index (χ1v) is 5.74. The normalized spacial score (nSPS) is 9.95. The maximum Gasteiger partial charge on any atom is 0.224 e. The van der Waals surface area contributed by atoms with Gasteiger partial charge in [-0.3, -0.25) is 0 Å². The number of anilines is 1. The second-order valence-corrected chi connectivity index (χ2v) is 3.72. The Morgan fingerprint density at radius 2 is 1.65 bits per heavy atom. The molecule has 0 bridgehead atoms. The molecule has 7 heteroatoms. The Morgan fingerprint density at radius 1 is 1.00 bits per heavy atom. The van der Waals surface area contributed by atoms with Gasteiger partial charge in [-0.2, -0.15) is 4.98 Å². The first-order chi connectivity index (χ1) is 9.67. The van der Waals surface area contributed by atoms with Crippen LogP contribution in [0.2, 0.25) is 0 Å². The van der Waals surface area contributed by atoms with E-state index in [4.69, 9.17) is 24.7 Å². The minimum absolute atomic E-state index is 0.134. The maximum absolute atomic E-state index is 5.60. The van der Waals surface area contributed by atoms with Crippen LogP contribution in [0.3, 0.4) is 0 Å². The van der Waals surface area contributed by atoms with Gasteiger partial charge < -0.3 is 24.7 Å². The minimum Gasteiger partial charge on any atom is -0.493 e. The summed E-state index contributed by atoms with van der Waals surface area (Å²) in [5.74, 6) is 2.41. The quantitative estimate of drug-likeness (QED) is 0.892. The molecule has 1 aromatic carbocycles. The van der Waals surface area contributed by atoms with Crippen molar-refractivity contribution in [1.29, 1.82) is 0 Å². The second-order valence-electron chi connectivity index (χ2n) is 3.72. The molecule has 0 unspecified atom stereocenters. The van der Waals surface area contributed by atoms with Gasteiger partial charge in [0.25, 0.3) is 0 Å². The van der Waals surface area contributed by atoms with E-state index >= 15 is 0 Å². The topological polar surface area (TPSA) is 88.7 Å². The Bertz CT molecular complexity index is 579. The molecule has 7 nitrogen and oxygen atoms in total. The van der Waals surface area contributed by atoms with E-state index in [-0.39, 0.29) is 5.95 Å². The van der Waals surface area contributed by atoms with E-state index in [9.17, 15) is 0 Å². The summed E-state index contributed by atoms with van der Waals surface area (Å²) < 4.78 is 21.3. The fourth-order valence-electron chi connectivity index (χ4n) is 1.65. The lowest BCUT2D eigenvalue weighted by atomic mass is 10.2. The van der Waals surface area contributed by atoms with Crippen LogP contribution in [0.15, 0.2) is 24.4 Å². The van der Waals surface area contributed by atoms with Gasteiger partial charge in [-0.05, 0) is 0 Å². The van der Waals surface area contributed by atoms with Crippen molar-refractivity contribution in [2.24, 2.45) is 0 Å². The summed E-state index contributed by atoms with van der Waals surface area (Å²) in [6, 6.07) is 4.93. The van der Waals surface area contributed by atoms with Crippen LogP contribution >= 0.6 is 0 Å². The molecule has 0 aliphatic rings. The lowest BCUT2D eigenvalue weighted by Crippen LogP contribution is -1.98. The van der Waals surface area contributed by atoms with Crippen molar-refractivity contribution in [3.05, 3.63) is 24.4 Å². The van der Waals surface area contributed by atoms with Gasteiger partial charge in [0.1, 0.15) is 5.75 Å². The average molecular weight is 277 g/mol. The molecule has 0 atom stereocenters. The van der Waals surface area contributed by atoms with Crippen LogP contribution in [0.5, 0.6) is 28.9 Å². The molecule has 1 aromatic heterocycles. The van der Waals surface area contributed by atoms with Crippen LogP contribution in [-0.2, 0) is 0 Å². The van der Waals surface area contributed by atoms with Crippen molar-refractivity contribution in [3.63, 3.8) is 0 Å². The monoisotopic (exact) mass is 277 g/mol. The van der Waals surface area contributed by atoms with Crippen LogP contribution in [0.25, 0.3) is 0 Å². The summed E-state index contributed by atoms with van der Waals surface area (Å²) in [4.78, 5) is 7.75. The van der Waals surface area contributed by atoms with Gasteiger partial charge in [-0.1, -0.05) is 0 Å². The Kier molecular flexibility index (Phi) is 4.09. The van der Waals surface area contributed by atoms with Gasteiger partial charge in [-0.25, -0.2) is 4.98 Å². The maximum atomic E-state index is 5.60. The number of benzene rings is 1. The highest BCUT2D eigenvalue weighted by molar-refractivity contribution is 5.56. The molecular weight excluding hydrogens is 262 g/mol. The van der Waals surface area contributed by atoms with Crippen molar-refractivity contribution >= 4 is 5.95 Å². The van der Waals surface area contributed by atoms with Crippen molar-refractivity contribution in [2.45, 2.75) is 0 Å². The molecule has 2 aromatic rings. The number of aromatic nitrogens is 2. The third-order valence-corrected chi connectivity index (χ3v) is 2.51. The first kappa shape index (κ1) is 13.7. The van der Waals surface area contributed by atoms with Crippen LogP contribution in [0.1, 0.15) is 0 Å². The molecule has 0 aliphatic heterocycles. The SMILES string of the molecule is COc1cc(Oc2ccnc(N)n2)cc(OC)c1OC. The zero-order chi connectivity index (χ0) is 14.5. The Balaban J connectivity index is 2.37. The van der Waals surface area contributed by atoms with E-state index in [2.05, 4.69) is 9.97 Å². The van der Waals surface area contributed by atoms with Crippen LogP contribution in [0.4, 0.5) is 5.95 Å². The highest BCUT2D eigenvalue weighted by Gasteiger charge is 2.14. The lowest BCUT2D eigenvalue weighted by Gasteiger charge is -2.14. The number of rotatable bonds is 5. The molecule has 106 valence electrons. The average Bonchev–Trinajstić information content (AvgIpc) is 2.46. The number of nitrogen functional groups attached to an aromatic ring is 1. The van der Waals surface area contributed by atoms with E-state index in [1.807, 2.05) is 0 Å². The largest absolute Gasteiger partial charge is 0.493 e. The molecule has 1 heterocycles. The molecule has 0 aliphatic carbocycles. The van der Waals surface area contributed by atoms with Crippen molar-refractivity contribution in [1.82, 2.24) is 9.97 Å². The first-order valence-electron chi connectivity index (χ1n) is 5.74. The fourth-order valence-corrected chi connectivity index (χ4v) is 1.65. The molecule has 20 heavy (non-hydrogen) atoms. The van der Waals surface area contributed by atoms with Crippen LogP contribution in [-0.4, -0.2) is 31.3 Å². The van der Waals surface area contributed by atoms with Crippen LogP contribution < -0.4 is 24.7 Å². The molecule has 2 rings (SSSR count). The van der Waals surface area contributed by atoms with Crippen molar-refractivity contribution < 1.29 is 18.9 Å². The number of nitrogens with zero attached hydrogens (tertiary/aromatic N) is 2. The Morgan fingerprint density at radius 3 is 2.15 bits per heavy atom. The van der Waals surface area contributed by atoms with Gasteiger partial charge in [0.15, 0.2) is 11.5 Å². The molecule has 0 spiro atoms. The molecule has 0 saturated heterocycles. The molecule has 0 radical (unpaired) electrons. The zero-order valence-electron chi connectivity index (χ0n) is 11.4. The van der Waals surface area contributed by atoms with E-state index in [1.165, 1.54) is 27.5 Å². The summed E-state index contributed by atoms with van der Waals surface area (Å²) in [6.45, 7) is 0. The van der Waals surface area contributed by atoms with Crippen molar-refractivity contribution in [2.75, 3.05) is 27.1 Å². The minimum atomic E-state index is 0.134. The third kappa shape index (κ3) is 2.82. The van der Waals surface area contributed by atoms with E-state index in [0.717, 1.165) is 0 Å². The van der Waals surface area contributed by atoms with E-state index in [1.54, 1.807) is 18.2 Å². The number of methoxy groups -OCH3 is 3. The van der Waals surface area contributed by atoms with E-state index in [0.29, 0.717) is 28.9 Å². The summed E-state index contributed by atoms with van der Waals surface area (Å²) in [5, 5.41) is 0. The Hall–Kier alpha value is -2.70. The number of nitrogens with two attached hydrogens (primary N) is 1. The third-order valence-electron chi connectivity index (χ3n) is 2.51. The number of ether oxygens (including phenoxy) is 4. The lowest BCUT2D eigenvalue weighted by molar-refractivity contribution is 0.320. The van der Waals surface area contributed by atoms with E-state index < -0.39 is 0 Å². The summed E-state index contributed by atoms with van der Waals surface area (Å²) >= 11 is 0. The summed E-state index contributed by atoms with van der Waals surface area (Å²) in [7, 11) is 4.60. The molecule has 2 N–H and O–H groups in total. The predicted octanol–water partition coefficient (Wildman–Crippen LogP) is 1.88. The van der Waals surface area contributed by atoms with Crippen molar-refractivity contribution in [3.8, 4) is 28.9 Å². The summed E-state index contributed by atoms with van der Waals surface area (Å²) in [6.07, 6.45) is 1.51. The highest BCUT2D eigenvalue weighted by Crippen LogP contribution is 2.41. The standard InChI is InChI=1S/C13H15N3O4/c1-17-9-6-8(7-10(18-2)12(9)19-3)20-11-4-5-15-13(14)16-11/h4-7H,1-3H3,(H2,14,15,16). The zero-order valence-corrected chi connectivity index (χ0v) is 11.4. The smallest absolute Gasteiger partial charge is 0.224 e. The second kappa shape index (κ2) is 5.96. The molecule has 0 amide bonds. The van der Waals surface area contributed by atoms with Gasteiger partial charge in [0.2, 0.25) is 17.6 Å². The number of hydrogen-bond acceptors (Lipinski definition) is 7. The van der Waals surface area contributed by atoms with Crippen LogP contribution in [0, 0.1) is 0 Å². The predicted molar refractivity (Wildman–Crippen MR) is 72.6 cm³/mol.